The van der Waals surface area contributed by atoms with E-state index in [2.05, 4.69) is 21.2 Å². The molecule has 2 amide bonds. The first kappa shape index (κ1) is 15.9. The number of hydrogen-bond acceptors (Lipinski definition) is 5. The highest BCUT2D eigenvalue weighted by molar-refractivity contribution is 9.10. The van der Waals surface area contributed by atoms with Gasteiger partial charge in [0.05, 0.1) is 18.5 Å². The van der Waals surface area contributed by atoms with Gasteiger partial charge in [-0.05, 0) is 48.2 Å². The van der Waals surface area contributed by atoms with Crippen molar-refractivity contribution in [1.82, 2.24) is 0 Å². The molecule has 1 saturated heterocycles. The topological polar surface area (TPSA) is 58.6 Å². The van der Waals surface area contributed by atoms with E-state index >= 15 is 0 Å². The normalized spacial score (nSPS) is 17.5. The maximum absolute atomic E-state index is 12.6. The average molecular weight is 393 g/mol. The van der Waals surface area contributed by atoms with E-state index in [-0.39, 0.29) is 11.1 Å². The van der Waals surface area contributed by atoms with E-state index in [9.17, 15) is 9.59 Å². The lowest BCUT2D eigenvalue weighted by atomic mass is 10.2. The van der Waals surface area contributed by atoms with Crippen molar-refractivity contribution < 1.29 is 14.3 Å². The third-order valence-electron chi connectivity index (χ3n) is 3.32. The van der Waals surface area contributed by atoms with Crippen LogP contribution in [-0.4, -0.2) is 23.6 Å². The number of methoxy groups -OCH3 is 1. The van der Waals surface area contributed by atoms with Gasteiger partial charge in [-0.3, -0.25) is 9.59 Å². The minimum absolute atomic E-state index is 0.298. The Morgan fingerprint density at radius 2 is 1.83 bits per heavy atom. The number of para-hydroxylation sites is 2. The lowest BCUT2D eigenvalue weighted by Crippen LogP contribution is -2.34. The molecule has 1 atom stereocenters. The Bertz CT molecular complexity index is 751. The van der Waals surface area contributed by atoms with E-state index < -0.39 is 5.37 Å². The number of carbonyl (C=O) groups is 2. The summed E-state index contributed by atoms with van der Waals surface area (Å²) >= 11 is 4.29. The molecule has 0 aromatic heterocycles. The molecule has 1 unspecified atom stereocenters. The lowest BCUT2D eigenvalue weighted by molar-refractivity contribution is -0.116. The molecule has 23 heavy (non-hydrogen) atoms. The SMILES string of the molecule is COc1ccccc1NC1SC(=O)N(c2ccc(Br)cc2)C1=O. The van der Waals surface area contributed by atoms with Gasteiger partial charge in [0.15, 0.2) is 5.37 Å². The van der Waals surface area contributed by atoms with Gasteiger partial charge in [0.2, 0.25) is 0 Å². The smallest absolute Gasteiger partial charge is 0.295 e. The summed E-state index contributed by atoms with van der Waals surface area (Å²) in [4.78, 5) is 26.0. The number of imide groups is 1. The molecule has 1 heterocycles. The molecule has 0 bridgehead atoms. The fourth-order valence-corrected chi connectivity index (χ4v) is 3.39. The van der Waals surface area contributed by atoms with Gasteiger partial charge in [-0.25, -0.2) is 4.90 Å². The van der Waals surface area contributed by atoms with E-state index in [1.54, 1.807) is 43.5 Å². The average Bonchev–Trinajstić information content (AvgIpc) is 2.83. The van der Waals surface area contributed by atoms with Crippen molar-refractivity contribution in [1.29, 1.82) is 0 Å². The molecule has 0 radical (unpaired) electrons. The third-order valence-corrected chi connectivity index (χ3v) is 4.79. The predicted molar refractivity (Wildman–Crippen MR) is 95.0 cm³/mol. The molecule has 2 aromatic rings. The van der Waals surface area contributed by atoms with Gasteiger partial charge in [0.1, 0.15) is 5.75 Å². The Balaban J connectivity index is 1.82. The maximum atomic E-state index is 12.6. The number of amides is 2. The lowest BCUT2D eigenvalue weighted by Gasteiger charge is -2.16. The van der Waals surface area contributed by atoms with Crippen LogP contribution in [-0.2, 0) is 4.79 Å². The molecule has 5 nitrogen and oxygen atoms in total. The summed E-state index contributed by atoms with van der Waals surface area (Å²) in [6, 6.07) is 14.3. The van der Waals surface area contributed by atoms with E-state index in [0.717, 1.165) is 16.2 Å². The van der Waals surface area contributed by atoms with Gasteiger partial charge in [0, 0.05) is 4.47 Å². The molecule has 1 fully saturated rings. The van der Waals surface area contributed by atoms with E-state index in [4.69, 9.17) is 4.74 Å². The fraction of sp³-hybridized carbons (Fsp3) is 0.125. The van der Waals surface area contributed by atoms with Gasteiger partial charge in [-0.2, -0.15) is 0 Å². The third kappa shape index (κ3) is 3.20. The van der Waals surface area contributed by atoms with Crippen LogP contribution in [0.2, 0.25) is 0 Å². The van der Waals surface area contributed by atoms with Gasteiger partial charge in [-0.1, -0.05) is 28.1 Å². The van der Waals surface area contributed by atoms with E-state index in [1.807, 2.05) is 12.1 Å². The first-order chi connectivity index (χ1) is 11.1. The Morgan fingerprint density at radius 3 is 2.52 bits per heavy atom. The van der Waals surface area contributed by atoms with Crippen molar-refractivity contribution in [3.63, 3.8) is 0 Å². The zero-order valence-electron chi connectivity index (χ0n) is 12.2. The molecule has 0 spiro atoms. The zero-order valence-corrected chi connectivity index (χ0v) is 14.6. The van der Waals surface area contributed by atoms with Gasteiger partial charge in [-0.15, -0.1) is 0 Å². The van der Waals surface area contributed by atoms with Crippen molar-refractivity contribution in [2.45, 2.75) is 5.37 Å². The highest BCUT2D eigenvalue weighted by Crippen LogP contribution is 2.34. The molecule has 1 N–H and O–H groups in total. The van der Waals surface area contributed by atoms with Crippen LogP contribution >= 0.6 is 27.7 Å². The molecule has 1 aliphatic rings. The second-order valence-electron chi connectivity index (χ2n) is 4.76. The minimum atomic E-state index is -0.678. The summed E-state index contributed by atoms with van der Waals surface area (Å²) < 4.78 is 6.14. The van der Waals surface area contributed by atoms with Crippen molar-refractivity contribution in [2.75, 3.05) is 17.3 Å². The number of anilines is 2. The highest BCUT2D eigenvalue weighted by Gasteiger charge is 2.41. The Morgan fingerprint density at radius 1 is 1.13 bits per heavy atom. The Kier molecular flexibility index (Phi) is 4.58. The van der Waals surface area contributed by atoms with Crippen LogP contribution in [0.15, 0.2) is 53.0 Å². The quantitative estimate of drug-likeness (QED) is 0.848. The summed E-state index contributed by atoms with van der Waals surface area (Å²) in [5.74, 6) is 0.323. The number of rotatable bonds is 4. The monoisotopic (exact) mass is 392 g/mol. The number of benzene rings is 2. The number of hydrogen-bond donors (Lipinski definition) is 1. The van der Waals surface area contributed by atoms with E-state index in [0.29, 0.717) is 17.1 Å². The standard InChI is InChI=1S/C16H13BrN2O3S/c1-22-13-5-3-2-4-12(13)18-14-15(20)19(16(21)23-14)11-8-6-10(17)7-9-11/h2-9,14,18H,1H3. The fourth-order valence-electron chi connectivity index (χ4n) is 2.23. The molecule has 0 aliphatic carbocycles. The number of nitrogens with zero attached hydrogens (tertiary/aromatic N) is 1. The van der Waals surface area contributed by atoms with Crippen molar-refractivity contribution in [2.24, 2.45) is 0 Å². The molecule has 0 saturated carbocycles. The van der Waals surface area contributed by atoms with Gasteiger partial charge >= 0.3 is 0 Å². The molecule has 2 aromatic carbocycles. The Hall–Kier alpha value is -1.99. The Labute approximate surface area is 146 Å². The number of nitrogens with one attached hydrogen (secondary N) is 1. The molecular formula is C16H13BrN2O3S. The molecular weight excluding hydrogens is 380 g/mol. The summed E-state index contributed by atoms with van der Waals surface area (Å²) in [7, 11) is 1.56. The first-order valence-corrected chi connectivity index (χ1v) is 8.47. The van der Waals surface area contributed by atoms with Crippen LogP contribution in [0.3, 0.4) is 0 Å². The zero-order chi connectivity index (χ0) is 16.4. The highest BCUT2D eigenvalue weighted by atomic mass is 79.9. The summed E-state index contributed by atoms with van der Waals surface area (Å²) in [5.41, 5.74) is 1.23. The summed E-state index contributed by atoms with van der Waals surface area (Å²) in [5, 5.41) is 2.09. The second kappa shape index (κ2) is 6.64. The number of carbonyl (C=O) groups excluding carboxylic acids is 2. The number of halogens is 1. The maximum Gasteiger partial charge on any atom is 0.295 e. The van der Waals surface area contributed by atoms with Gasteiger partial charge in [0.25, 0.3) is 11.1 Å². The second-order valence-corrected chi connectivity index (χ2v) is 6.73. The molecule has 3 rings (SSSR count). The van der Waals surface area contributed by atoms with Crippen molar-refractivity contribution in [3.05, 3.63) is 53.0 Å². The van der Waals surface area contributed by atoms with Crippen molar-refractivity contribution >= 4 is 50.2 Å². The van der Waals surface area contributed by atoms with E-state index in [1.165, 1.54) is 4.90 Å². The van der Waals surface area contributed by atoms with Crippen LogP contribution in [0.5, 0.6) is 5.75 Å². The summed E-state index contributed by atoms with van der Waals surface area (Å²) in [6.45, 7) is 0. The summed E-state index contributed by atoms with van der Waals surface area (Å²) in [6.07, 6.45) is 0. The minimum Gasteiger partial charge on any atom is -0.495 e. The van der Waals surface area contributed by atoms with Crippen LogP contribution < -0.4 is 15.0 Å². The van der Waals surface area contributed by atoms with Crippen LogP contribution in [0.25, 0.3) is 0 Å². The molecule has 7 heteroatoms. The molecule has 118 valence electrons. The largest absolute Gasteiger partial charge is 0.495 e. The number of ether oxygens (including phenoxy) is 1. The first-order valence-electron chi connectivity index (χ1n) is 6.80. The van der Waals surface area contributed by atoms with Crippen LogP contribution in [0.4, 0.5) is 16.2 Å². The van der Waals surface area contributed by atoms with Gasteiger partial charge < -0.3 is 10.1 Å². The van der Waals surface area contributed by atoms with Crippen LogP contribution in [0.1, 0.15) is 0 Å². The predicted octanol–water partition coefficient (Wildman–Crippen LogP) is 4.10. The van der Waals surface area contributed by atoms with Crippen molar-refractivity contribution in [3.8, 4) is 5.75 Å². The van der Waals surface area contributed by atoms with Crippen LogP contribution in [0, 0.1) is 0 Å². The molecule has 1 aliphatic heterocycles. The number of thioether (sulfide) groups is 1.